The average molecular weight is 334 g/mol. The molecule has 0 bridgehead atoms. The molecule has 3 heterocycles. The zero-order valence-corrected chi connectivity index (χ0v) is 14.1. The second-order valence-corrected chi connectivity index (χ2v) is 6.97. The number of thiazole rings is 1. The van der Waals surface area contributed by atoms with Gasteiger partial charge in [0.15, 0.2) is 0 Å². The molecule has 1 atom stereocenters. The molecule has 0 spiro atoms. The normalized spacial score (nSPS) is 20.9. The van der Waals surface area contributed by atoms with E-state index in [9.17, 15) is 14.7 Å². The summed E-state index contributed by atoms with van der Waals surface area (Å²) in [5.74, 6) is -1.21. The third kappa shape index (κ3) is 2.52. The molecule has 0 radical (unpaired) electrons. The molecule has 2 aromatic rings. The van der Waals surface area contributed by atoms with E-state index in [1.165, 1.54) is 16.2 Å². The highest BCUT2D eigenvalue weighted by atomic mass is 32.1. The first-order valence-electron chi connectivity index (χ1n) is 7.35. The SMILES string of the molecule is Cc1nc(-c2cnn(C)c2)sc1C(=O)N1CCCC1(C)C(=O)O. The summed E-state index contributed by atoms with van der Waals surface area (Å²) in [7, 11) is 1.82. The van der Waals surface area contributed by atoms with E-state index < -0.39 is 11.5 Å². The standard InChI is InChI=1S/C15H18N4O3S/c1-9-11(23-12(17-9)10-7-16-18(3)8-10)13(20)19-6-4-5-15(19,2)14(21)22/h7-8H,4-6H2,1-3H3,(H,21,22). The van der Waals surface area contributed by atoms with Gasteiger partial charge in [0.25, 0.3) is 5.91 Å². The van der Waals surface area contributed by atoms with E-state index in [0.717, 1.165) is 10.6 Å². The molecule has 1 aliphatic heterocycles. The van der Waals surface area contributed by atoms with Gasteiger partial charge in [0.2, 0.25) is 0 Å². The Morgan fingerprint density at radius 3 is 2.78 bits per heavy atom. The summed E-state index contributed by atoms with van der Waals surface area (Å²) < 4.78 is 1.68. The molecule has 122 valence electrons. The van der Waals surface area contributed by atoms with E-state index in [1.807, 2.05) is 13.2 Å². The molecular weight excluding hydrogens is 316 g/mol. The first kappa shape index (κ1) is 15.7. The highest BCUT2D eigenvalue weighted by Gasteiger charge is 2.46. The Balaban J connectivity index is 1.94. The van der Waals surface area contributed by atoms with Gasteiger partial charge in [-0.2, -0.15) is 5.10 Å². The summed E-state index contributed by atoms with van der Waals surface area (Å²) in [6.07, 6.45) is 4.71. The quantitative estimate of drug-likeness (QED) is 0.926. The molecule has 0 aromatic carbocycles. The molecule has 1 fully saturated rings. The van der Waals surface area contributed by atoms with Crippen LogP contribution in [0.5, 0.6) is 0 Å². The molecule has 2 aromatic heterocycles. The third-order valence-electron chi connectivity index (χ3n) is 4.29. The third-order valence-corrected chi connectivity index (χ3v) is 5.48. The number of amides is 1. The molecule has 1 amide bonds. The molecule has 0 aliphatic carbocycles. The maximum Gasteiger partial charge on any atom is 0.329 e. The minimum atomic E-state index is -1.14. The van der Waals surface area contributed by atoms with Crippen molar-refractivity contribution in [2.45, 2.75) is 32.2 Å². The zero-order chi connectivity index (χ0) is 16.8. The lowest BCUT2D eigenvalue weighted by atomic mass is 9.99. The number of carbonyl (C=O) groups is 2. The van der Waals surface area contributed by atoms with Crippen LogP contribution in [-0.2, 0) is 11.8 Å². The number of aliphatic carboxylic acids is 1. The predicted octanol–water partition coefficient (Wildman–Crippen LogP) is 1.93. The number of aromatic nitrogens is 3. The van der Waals surface area contributed by atoms with Gasteiger partial charge in [-0.25, -0.2) is 9.78 Å². The molecule has 23 heavy (non-hydrogen) atoms. The molecule has 0 saturated carbocycles. The zero-order valence-electron chi connectivity index (χ0n) is 13.2. The Bertz CT molecular complexity index is 782. The van der Waals surface area contributed by atoms with Crippen molar-refractivity contribution in [3.63, 3.8) is 0 Å². The molecular formula is C15H18N4O3S. The second-order valence-electron chi connectivity index (χ2n) is 5.98. The number of likely N-dealkylation sites (tertiary alicyclic amines) is 1. The molecule has 1 aliphatic rings. The highest BCUT2D eigenvalue weighted by molar-refractivity contribution is 7.17. The molecule has 1 unspecified atom stereocenters. The minimum absolute atomic E-state index is 0.252. The van der Waals surface area contributed by atoms with Crippen LogP contribution < -0.4 is 0 Å². The van der Waals surface area contributed by atoms with Crippen LogP contribution >= 0.6 is 11.3 Å². The monoisotopic (exact) mass is 334 g/mol. The van der Waals surface area contributed by atoms with Gasteiger partial charge in [0.05, 0.1) is 11.9 Å². The maximum atomic E-state index is 12.8. The van der Waals surface area contributed by atoms with Crippen molar-refractivity contribution in [1.82, 2.24) is 19.7 Å². The van der Waals surface area contributed by atoms with Crippen LogP contribution in [0, 0.1) is 6.92 Å². The van der Waals surface area contributed by atoms with Gasteiger partial charge >= 0.3 is 5.97 Å². The number of aryl methyl sites for hydroxylation is 2. The first-order valence-corrected chi connectivity index (χ1v) is 8.16. The summed E-state index contributed by atoms with van der Waals surface area (Å²) in [6.45, 7) is 3.84. The number of rotatable bonds is 3. The van der Waals surface area contributed by atoms with Crippen LogP contribution in [0.3, 0.4) is 0 Å². The number of nitrogens with zero attached hydrogens (tertiary/aromatic N) is 4. The summed E-state index contributed by atoms with van der Waals surface area (Å²) in [5, 5.41) is 14.3. The summed E-state index contributed by atoms with van der Waals surface area (Å²) >= 11 is 1.28. The topological polar surface area (TPSA) is 88.3 Å². The fourth-order valence-corrected chi connectivity index (χ4v) is 3.87. The van der Waals surface area contributed by atoms with Crippen molar-refractivity contribution in [3.05, 3.63) is 23.0 Å². The average Bonchev–Trinajstić information content (AvgIpc) is 3.17. The maximum absolute atomic E-state index is 12.8. The van der Waals surface area contributed by atoms with Crippen molar-refractivity contribution in [2.75, 3.05) is 6.54 Å². The number of carboxylic acids is 1. The number of carboxylic acid groups (broad SMARTS) is 1. The van der Waals surface area contributed by atoms with E-state index in [0.29, 0.717) is 30.0 Å². The lowest BCUT2D eigenvalue weighted by Crippen LogP contribution is -2.50. The molecule has 8 heteroatoms. The fourth-order valence-electron chi connectivity index (χ4n) is 2.88. The van der Waals surface area contributed by atoms with Crippen molar-refractivity contribution < 1.29 is 14.7 Å². The van der Waals surface area contributed by atoms with Gasteiger partial charge in [0.1, 0.15) is 15.4 Å². The highest BCUT2D eigenvalue weighted by Crippen LogP contribution is 2.34. The van der Waals surface area contributed by atoms with Crippen molar-refractivity contribution in [3.8, 4) is 10.6 Å². The second kappa shape index (κ2) is 5.45. The van der Waals surface area contributed by atoms with E-state index in [-0.39, 0.29) is 5.91 Å². The van der Waals surface area contributed by atoms with E-state index >= 15 is 0 Å². The Kier molecular flexibility index (Phi) is 3.71. The number of hydrogen-bond acceptors (Lipinski definition) is 5. The molecule has 3 rings (SSSR count). The molecule has 1 N–H and O–H groups in total. The van der Waals surface area contributed by atoms with Crippen LogP contribution in [0.25, 0.3) is 10.6 Å². The Hall–Kier alpha value is -2.22. The predicted molar refractivity (Wildman–Crippen MR) is 85.4 cm³/mol. The summed E-state index contributed by atoms with van der Waals surface area (Å²) in [5.41, 5.74) is 0.336. The number of hydrogen-bond donors (Lipinski definition) is 1. The van der Waals surface area contributed by atoms with Crippen molar-refractivity contribution in [2.24, 2.45) is 7.05 Å². The Morgan fingerprint density at radius 1 is 1.43 bits per heavy atom. The first-order chi connectivity index (χ1) is 10.8. The Labute approximate surface area is 137 Å². The smallest absolute Gasteiger partial charge is 0.329 e. The van der Waals surface area contributed by atoms with Gasteiger partial charge in [-0.3, -0.25) is 9.48 Å². The lowest BCUT2D eigenvalue weighted by Gasteiger charge is -2.30. The van der Waals surface area contributed by atoms with Gasteiger partial charge in [-0.15, -0.1) is 11.3 Å². The fraction of sp³-hybridized carbons (Fsp3) is 0.467. The van der Waals surface area contributed by atoms with Crippen LogP contribution in [0.4, 0.5) is 0 Å². The summed E-state index contributed by atoms with van der Waals surface area (Å²) in [6, 6.07) is 0. The largest absolute Gasteiger partial charge is 0.480 e. The van der Waals surface area contributed by atoms with Crippen LogP contribution in [0.15, 0.2) is 12.4 Å². The van der Waals surface area contributed by atoms with E-state index in [2.05, 4.69) is 10.1 Å². The van der Waals surface area contributed by atoms with Gasteiger partial charge in [-0.05, 0) is 26.7 Å². The van der Waals surface area contributed by atoms with Crippen LogP contribution in [-0.4, -0.2) is 48.7 Å². The molecule has 7 nitrogen and oxygen atoms in total. The van der Waals surface area contributed by atoms with Crippen molar-refractivity contribution in [1.29, 1.82) is 0 Å². The summed E-state index contributed by atoms with van der Waals surface area (Å²) in [4.78, 5) is 30.8. The van der Waals surface area contributed by atoms with Crippen LogP contribution in [0.2, 0.25) is 0 Å². The van der Waals surface area contributed by atoms with Gasteiger partial charge in [-0.1, -0.05) is 0 Å². The van der Waals surface area contributed by atoms with Gasteiger partial charge < -0.3 is 10.0 Å². The Morgan fingerprint density at radius 2 is 2.17 bits per heavy atom. The lowest BCUT2D eigenvalue weighted by molar-refractivity contribution is -0.147. The molecule has 1 saturated heterocycles. The van der Waals surface area contributed by atoms with E-state index in [4.69, 9.17) is 0 Å². The number of carbonyl (C=O) groups excluding carboxylic acids is 1. The van der Waals surface area contributed by atoms with Gasteiger partial charge in [0, 0.05) is 25.4 Å². The van der Waals surface area contributed by atoms with Crippen molar-refractivity contribution >= 4 is 23.2 Å². The van der Waals surface area contributed by atoms with Crippen LogP contribution in [0.1, 0.15) is 35.1 Å². The minimum Gasteiger partial charge on any atom is -0.480 e. The van der Waals surface area contributed by atoms with E-state index in [1.54, 1.807) is 24.7 Å².